The van der Waals surface area contributed by atoms with Crippen LogP contribution in [-0.2, 0) is 4.74 Å². The first kappa shape index (κ1) is 20.9. The largest absolute Gasteiger partial charge is 0.377 e. The van der Waals surface area contributed by atoms with E-state index in [0.29, 0.717) is 23.8 Å². The van der Waals surface area contributed by atoms with E-state index in [9.17, 15) is 14.3 Å². The van der Waals surface area contributed by atoms with Crippen LogP contribution >= 0.6 is 34.8 Å². The third kappa shape index (κ3) is 5.16. The topological polar surface area (TPSA) is 73.8 Å². The molecule has 1 aliphatic rings. The second kappa shape index (κ2) is 9.12. The summed E-state index contributed by atoms with van der Waals surface area (Å²) in [6.45, 7) is 2.61. The Hall–Kier alpha value is -1.82. The van der Waals surface area contributed by atoms with E-state index < -0.39 is 12.2 Å². The predicted octanol–water partition coefficient (Wildman–Crippen LogP) is 2.95. The van der Waals surface area contributed by atoms with Crippen molar-refractivity contribution in [3.8, 4) is 0 Å². The molecule has 0 spiro atoms. The molecule has 2 aromatic rings. The predicted molar refractivity (Wildman–Crippen MR) is 120 cm³/mol. The van der Waals surface area contributed by atoms with E-state index in [-0.39, 0.29) is 22.9 Å². The van der Waals surface area contributed by atoms with Crippen molar-refractivity contribution in [1.82, 2.24) is 5.32 Å². The lowest BCUT2D eigenvalue weighted by Crippen LogP contribution is -2.33. The Kier molecular flexibility index (Phi) is 6.81. The highest BCUT2D eigenvalue weighted by atomic mass is 127. The third-order valence-electron chi connectivity index (χ3n) is 4.18. The van der Waals surface area contributed by atoms with Crippen molar-refractivity contribution >= 4 is 56.9 Å². The average molecular weight is 515 g/mol. The van der Waals surface area contributed by atoms with Gasteiger partial charge in [-0.05, 0) is 72.0 Å². The summed E-state index contributed by atoms with van der Waals surface area (Å²) in [5, 5.41) is 16.0. The van der Waals surface area contributed by atoms with Crippen LogP contribution in [0.1, 0.15) is 6.92 Å². The lowest BCUT2D eigenvalue weighted by Gasteiger charge is -2.21. The van der Waals surface area contributed by atoms with Gasteiger partial charge in [0.1, 0.15) is 5.82 Å². The molecule has 148 valence electrons. The molecule has 0 saturated carbocycles. The van der Waals surface area contributed by atoms with Crippen LogP contribution in [-0.4, -0.2) is 35.7 Å². The molecule has 9 heteroatoms. The number of nitrogens with zero attached hydrogens (tertiary/aromatic N) is 1. The Morgan fingerprint density at radius 3 is 2.75 bits per heavy atom. The SMILES string of the molecule is CC(=S)NC[C@H]1CN(c2ccc(Nc3ccc(I)ccc3=O)c(F)c2)C(O)O1. The van der Waals surface area contributed by atoms with Gasteiger partial charge in [0, 0.05) is 15.8 Å². The molecular formula is C19H19FIN3O3S. The van der Waals surface area contributed by atoms with E-state index in [0.717, 1.165) is 3.57 Å². The Morgan fingerprint density at radius 2 is 2.04 bits per heavy atom. The highest BCUT2D eigenvalue weighted by molar-refractivity contribution is 14.1. The van der Waals surface area contributed by atoms with Crippen LogP contribution in [0.25, 0.3) is 0 Å². The third-order valence-corrected chi connectivity index (χ3v) is 5.05. The Labute approximate surface area is 180 Å². The maximum absolute atomic E-state index is 14.6. The molecule has 28 heavy (non-hydrogen) atoms. The number of nitrogens with one attached hydrogen (secondary N) is 2. The van der Waals surface area contributed by atoms with E-state index in [4.69, 9.17) is 17.0 Å². The van der Waals surface area contributed by atoms with E-state index >= 15 is 0 Å². The van der Waals surface area contributed by atoms with Crippen molar-refractivity contribution in [3.63, 3.8) is 0 Å². The molecule has 2 atom stereocenters. The van der Waals surface area contributed by atoms with Crippen LogP contribution in [0.2, 0.25) is 0 Å². The molecular weight excluding hydrogens is 496 g/mol. The van der Waals surface area contributed by atoms with Gasteiger partial charge in [0.15, 0.2) is 0 Å². The zero-order chi connectivity index (χ0) is 20.3. The first-order valence-electron chi connectivity index (χ1n) is 8.54. The second-order valence-corrected chi connectivity index (χ2v) is 8.15. The van der Waals surface area contributed by atoms with Crippen LogP contribution in [0, 0.1) is 9.39 Å². The number of aliphatic hydroxyl groups excluding tert-OH is 1. The van der Waals surface area contributed by atoms with Crippen LogP contribution in [0.3, 0.4) is 0 Å². The number of aliphatic hydroxyl groups is 1. The van der Waals surface area contributed by atoms with Gasteiger partial charge in [0.2, 0.25) is 11.8 Å². The maximum atomic E-state index is 14.6. The van der Waals surface area contributed by atoms with Gasteiger partial charge >= 0.3 is 0 Å². The van der Waals surface area contributed by atoms with Crippen molar-refractivity contribution in [2.45, 2.75) is 19.4 Å². The zero-order valence-electron chi connectivity index (χ0n) is 15.0. The molecule has 2 aromatic carbocycles. The van der Waals surface area contributed by atoms with Gasteiger partial charge in [-0.2, -0.15) is 0 Å². The summed E-state index contributed by atoms with van der Waals surface area (Å²) in [7, 11) is 0. The molecule has 0 amide bonds. The summed E-state index contributed by atoms with van der Waals surface area (Å²) in [6.07, 6.45) is -1.44. The normalized spacial score (nSPS) is 18.8. The van der Waals surface area contributed by atoms with E-state index in [1.165, 1.54) is 18.2 Å². The fourth-order valence-electron chi connectivity index (χ4n) is 2.78. The van der Waals surface area contributed by atoms with Crippen LogP contribution in [0.5, 0.6) is 0 Å². The molecule has 3 N–H and O–H groups in total. The van der Waals surface area contributed by atoms with Crippen molar-refractivity contribution in [2.75, 3.05) is 23.3 Å². The standard InChI is InChI=1S/C19H19FIN3O3S/c1-11(28)22-9-14-10-24(19(26)27-14)13-4-6-16(15(20)8-13)23-17-5-2-12(21)3-7-18(17)25/h2-8,14,19,26H,9-10H2,1H3,(H,22,28)(H,23,25)/t14-,19?/m0/s1. The maximum Gasteiger partial charge on any atom is 0.238 e. The molecule has 1 unspecified atom stereocenters. The second-order valence-electron chi connectivity index (χ2n) is 6.29. The van der Waals surface area contributed by atoms with Crippen molar-refractivity contribution < 1.29 is 14.2 Å². The number of anilines is 3. The van der Waals surface area contributed by atoms with Crippen LogP contribution in [0.15, 0.2) is 47.3 Å². The zero-order valence-corrected chi connectivity index (χ0v) is 18.0. The Balaban J connectivity index is 1.75. The van der Waals surface area contributed by atoms with E-state index in [1.807, 2.05) is 0 Å². The van der Waals surface area contributed by atoms with Crippen molar-refractivity contribution in [3.05, 3.63) is 62.1 Å². The van der Waals surface area contributed by atoms with Crippen molar-refractivity contribution in [1.29, 1.82) is 0 Å². The highest BCUT2D eigenvalue weighted by Crippen LogP contribution is 2.28. The van der Waals surface area contributed by atoms with Gasteiger partial charge in [-0.15, -0.1) is 0 Å². The van der Waals surface area contributed by atoms with E-state index in [2.05, 4.69) is 33.2 Å². The Bertz CT molecular complexity index is 946. The minimum Gasteiger partial charge on any atom is -0.377 e. The summed E-state index contributed by atoms with van der Waals surface area (Å²) in [6, 6.07) is 11.0. The molecule has 6 nitrogen and oxygen atoms in total. The lowest BCUT2D eigenvalue weighted by atomic mass is 10.2. The minimum absolute atomic E-state index is 0.172. The van der Waals surface area contributed by atoms with Gasteiger partial charge < -0.3 is 25.4 Å². The molecule has 0 radical (unpaired) electrons. The molecule has 3 rings (SSSR count). The average Bonchev–Trinajstić information content (AvgIpc) is 2.95. The number of rotatable bonds is 5. The number of hydrogen-bond donors (Lipinski definition) is 3. The summed E-state index contributed by atoms with van der Waals surface area (Å²) >= 11 is 7.07. The van der Waals surface area contributed by atoms with E-state index in [1.54, 1.807) is 36.1 Å². The first-order chi connectivity index (χ1) is 13.3. The van der Waals surface area contributed by atoms with Gasteiger partial charge in [-0.25, -0.2) is 4.39 Å². The van der Waals surface area contributed by atoms with Gasteiger partial charge in [-0.3, -0.25) is 4.79 Å². The molecule has 1 heterocycles. The van der Waals surface area contributed by atoms with Crippen molar-refractivity contribution in [2.24, 2.45) is 0 Å². The molecule has 1 saturated heterocycles. The highest BCUT2D eigenvalue weighted by Gasteiger charge is 2.31. The van der Waals surface area contributed by atoms with Gasteiger partial charge in [0.05, 0.1) is 29.0 Å². The number of thiocarbonyl (C=S) groups is 1. The fraction of sp³-hybridized carbons (Fsp3) is 0.263. The van der Waals surface area contributed by atoms with Gasteiger partial charge in [-0.1, -0.05) is 12.2 Å². The van der Waals surface area contributed by atoms with Gasteiger partial charge in [0.25, 0.3) is 0 Å². The molecule has 0 aromatic heterocycles. The number of benzene rings is 1. The monoisotopic (exact) mass is 515 g/mol. The number of hydrogen-bond acceptors (Lipinski definition) is 6. The summed E-state index contributed by atoms with van der Waals surface area (Å²) in [5.41, 5.74) is 0.693. The summed E-state index contributed by atoms with van der Waals surface area (Å²) in [5.74, 6) is -0.540. The number of ether oxygens (including phenoxy) is 1. The van der Waals surface area contributed by atoms with Crippen LogP contribution < -0.4 is 21.0 Å². The van der Waals surface area contributed by atoms with Crippen LogP contribution in [0.4, 0.5) is 21.5 Å². The Morgan fingerprint density at radius 1 is 1.32 bits per heavy atom. The molecule has 0 aliphatic carbocycles. The quantitative estimate of drug-likeness (QED) is 0.418. The fourth-order valence-corrected chi connectivity index (χ4v) is 3.22. The molecule has 0 bridgehead atoms. The minimum atomic E-state index is -1.17. The first-order valence-corrected chi connectivity index (χ1v) is 10.0. The molecule has 1 fully saturated rings. The smallest absolute Gasteiger partial charge is 0.238 e. The summed E-state index contributed by atoms with van der Waals surface area (Å²) in [4.78, 5) is 14.3. The summed E-state index contributed by atoms with van der Waals surface area (Å²) < 4.78 is 21.0. The molecule has 1 aliphatic heterocycles. The number of halogens is 2. The lowest BCUT2D eigenvalue weighted by molar-refractivity contribution is -0.0864.